The molecule has 2 aliphatic rings. The molecule has 1 aliphatic carbocycles. The Morgan fingerprint density at radius 3 is 2.57 bits per heavy atom. The molecular formula is C12H23NS. The van der Waals surface area contributed by atoms with E-state index in [2.05, 4.69) is 24.1 Å². The highest BCUT2D eigenvalue weighted by atomic mass is 32.2. The molecule has 2 heteroatoms. The normalized spacial score (nSPS) is 31.1. The summed E-state index contributed by atoms with van der Waals surface area (Å²) in [6.45, 7) is 0. The second-order valence-corrected chi connectivity index (χ2v) is 6.18. The van der Waals surface area contributed by atoms with Crippen LogP contribution in [0.5, 0.6) is 0 Å². The maximum absolute atomic E-state index is 3.55. The van der Waals surface area contributed by atoms with Crippen LogP contribution in [0.4, 0.5) is 0 Å². The molecule has 1 N–H and O–H groups in total. The lowest BCUT2D eigenvalue weighted by Gasteiger charge is -2.35. The standard InChI is InChI=1S/C12H23NS/c1-13-11(9-10-5-4-6-10)12-7-2-3-8-14-12/h10-13H,2-9H2,1H3. The lowest BCUT2D eigenvalue weighted by Crippen LogP contribution is -2.39. The van der Waals surface area contributed by atoms with Crippen molar-refractivity contribution in [3.8, 4) is 0 Å². The first-order valence-electron chi connectivity index (χ1n) is 6.19. The Hall–Kier alpha value is 0.310. The largest absolute Gasteiger partial charge is 0.316 e. The van der Waals surface area contributed by atoms with Crippen LogP contribution in [0.15, 0.2) is 0 Å². The van der Waals surface area contributed by atoms with Crippen molar-refractivity contribution in [3.63, 3.8) is 0 Å². The molecule has 1 aliphatic heterocycles. The van der Waals surface area contributed by atoms with Gasteiger partial charge in [-0.05, 0) is 38.0 Å². The van der Waals surface area contributed by atoms with Crippen LogP contribution in [0.1, 0.15) is 44.9 Å². The van der Waals surface area contributed by atoms with Gasteiger partial charge in [0.25, 0.3) is 0 Å². The van der Waals surface area contributed by atoms with Gasteiger partial charge in [0.2, 0.25) is 0 Å². The predicted molar refractivity (Wildman–Crippen MR) is 64.9 cm³/mol. The van der Waals surface area contributed by atoms with Gasteiger partial charge in [0, 0.05) is 11.3 Å². The summed E-state index contributed by atoms with van der Waals surface area (Å²) in [6.07, 6.45) is 10.3. The summed E-state index contributed by atoms with van der Waals surface area (Å²) in [5, 5.41) is 4.46. The zero-order valence-corrected chi connectivity index (χ0v) is 10.1. The van der Waals surface area contributed by atoms with Gasteiger partial charge >= 0.3 is 0 Å². The molecule has 1 nitrogen and oxygen atoms in total. The summed E-state index contributed by atoms with van der Waals surface area (Å²) in [7, 11) is 2.15. The minimum absolute atomic E-state index is 0.797. The Labute approximate surface area is 92.4 Å². The smallest absolute Gasteiger partial charge is 0.0201 e. The molecule has 0 aromatic rings. The summed E-state index contributed by atoms with van der Waals surface area (Å²) in [4.78, 5) is 0. The first-order chi connectivity index (χ1) is 6.90. The predicted octanol–water partition coefficient (Wildman–Crippen LogP) is 3.05. The lowest BCUT2D eigenvalue weighted by atomic mass is 9.80. The monoisotopic (exact) mass is 213 g/mol. The molecule has 0 radical (unpaired) electrons. The van der Waals surface area contributed by atoms with E-state index < -0.39 is 0 Å². The van der Waals surface area contributed by atoms with E-state index >= 15 is 0 Å². The van der Waals surface area contributed by atoms with Gasteiger partial charge in [0.1, 0.15) is 0 Å². The van der Waals surface area contributed by atoms with Crippen LogP contribution < -0.4 is 5.32 Å². The molecule has 0 aromatic heterocycles. The molecule has 1 saturated heterocycles. The minimum atomic E-state index is 0.797. The van der Waals surface area contributed by atoms with E-state index in [-0.39, 0.29) is 0 Å². The van der Waals surface area contributed by atoms with Gasteiger partial charge in [-0.3, -0.25) is 0 Å². The summed E-state index contributed by atoms with van der Waals surface area (Å²) in [6, 6.07) is 0.797. The first kappa shape index (κ1) is 10.8. The van der Waals surface area contributed by atoms with Crippen LogP contribution in [0.25, 0.3) is 0 Å². The molecule has 2 unspecified atom stereocenters. The Kier molecular flexibility index (Phi) is 4.18. The van der Waals surface area contributed by atoms with Crippen LogP contribution in [-0.4, -0.2) is 24.1 Å². The van der Waals surface area contributed by atoms with E-state index in [1.54, 1.807) is 0 Å². The van der Waals surface area contributed by atoms with Crippen molar-refractivity contribution < 1.29 is 0 Å². The summed E-state index contributed by atoms with van der Waals surface area (Å²) in [5.74, 6) is 2.45. The number of hydrogen-bond acceptors (Lipinski definition) is 2. The molecule has 0 spiro atoms. The lowest BCUT2D eigenvalue weighted by molar-refractivity contribution is 0.259. The fourth-order valence-electron chi connectivity index (χ4n) is 2.63. The molecule has 0 bridgehead atoms. The van der Waals surface area contributed by atoms with Crippen LogP contribution in [0, 0.1) is 5.92 Å². The molecule has 1 heterocycles. The highest BCUT2D eigenvalue weighted by Gasteiger charge is 2.27. The van der Waals surface area contributed by atoms with Gasteiger partial charge in [-0.1, -0.05) is 25.7 Å². The van der Waals surface area contributed by atoms with E-state index in [0.29, 0.717) is 0 Å². The number of thioether (sulfide) groups is 1. The van der Waals surface area contributed by atoms with Crippen LogP contribution in [0.2, 0.25) is 0 Å². The second-order valence-electron chi connectivity index (χ2n) is 4.83. The summed E-state index contributed by atoms with van der Waals surface area (Å²) >= 11 is 2.21. The van der Waals surface area contributed by atoms with Crippen molar-refractivity contribution in [1.29, 1.82) is 0 Å². The van der Waals surface area contributed by atoms with Crippen LogP contribution in [-0.2, 0) is 0 Å². The van der Waals surface area contributed by atoms with Gasteiger partial charge in [0.15, 0.2) is 0 Å². The molecule has 2 rings (SSSR count). The van der Waals surface area contributed by atoms with Crippen molar-refractivity contribution in [2.45, 2.75) is 56.2 Å². The maximum atomic E-state index is 3.55. The minimum Gasteiger partial charge on any atom is -0.316 e. The number of hydrogen-bond donors (Lipinski definition) is 1. The molecular weight excluding hydrogens is 190 g/mol. The maximum Gasteiger partial charge on any atom is 0.0201 e. The van der Waals surface area contributed by atoms with E-state index in [9.17, 15) is 0 Å². The molecule has 2 atom stereocenters. The van der Waals surface area contributed by atoms with E-state index in [1.807, 2.05) is 0 Å². The second kappa shape index (κ2) is 5.41. The molecule has 2 fully saturated rings. The molecule has 82 valence electrons. The van der Waals surface area contributed by atoms with E-state index in [1.165, 1.54) is 50.7 Å². The topological polar surface area (TPSA) is 12.0 Å². The van der Waals surface area contributed by atoms with Gasteiger partial charge in [-0.25, -0.2) is 0 Å². The average molecular weight is 213 g/mol. The zero-order chi connectivity index (χ0) is 9.80. The fourth-order valence-corrected chi connectivity index (χ4v) is 4.11. The molecule has 0 aromatic carbocycles. The van der Waals surface area contributed by atoms with Crippen LogP contribution in [0.3, 0.4) is 0 Å². The SMILES string of the molecule is CNC(CC1CCC1)C1CCCCS1. The fraction of sp³-hybridized carbons (Fsp3) is 1.00. The highest BCUT2D eigenvalue weighted by Crippen LogP contribution is 2.35. The van der Waals surface area contributed by atoms with Crippen molar-refractivity contribution in [2.24, 2.45) is 5.92 Å². The average Bonchev–Trinajstić information content (AvgIpc) is 2.18. The molecule has 0 amide bonds. The van der Waals surface area contributed by atoms with Crippen molar-refractivity contribution in [2.75, 3.05) is 12.8 Å². The molecule has 14 heavy (non-hydrogen) atoms. The number of rotatable bonds is 4. The van der Waals surface area contributed by atoms with E-state index in [4.69, 9.17) is 0 Å². The quantitative estimate of drug-likeness (QED) is 0.770. The van der Waals surface area contributed by atoms with E-state index in [0.717, 1.165) is 17.2 Å². The zero-order valence-electron chi connectivity index (χ0n) is 9.30. The summed E-state index contributed by atoms with van der Waals surface area (Å²) < 4.78 is 0. The first-order valence-corrected chi connectivity index (χ1v) is 7.24. The Morgan fingerprint density at radius 1 is 1.21 bits per heavy atom. The van der Waals surface area contributed by atoms with Gasteiger partial charge in [-0.2, -0.15) is 11.8 Å². The van der Waals surface area contributed by atoms with Crippen molar-refractivity contribution in [3.05, 3.63) is 0 Å². The van der Waals surface area contributed by atoms with Gasteiger partial charge in [-0.15, -0.1) is 0 Å². The van der Waals surface area contributed by atoms with Gasteiger partial charge < -0.3 is 5.32 Å². The highest BCUT2D eigenvalue weighted by molar-refractivity contribution is 8.00. The third-order valence-electron chi connectivity index (χ3n) is 3.85. The Balaban J connectivity index is 1.77. The van der Waals surface area contributed by atoms with Crippen LogP contribution >= 0.6 is 11.8 Å². The third kappa shape index (κ3) is 2.66. The number of nitrogens with one attached hydrogen (secondary N) is 1. The van der Waals surface area contributed by atoms with Crippen molar-refractivity contribution >= 4 is 11.8 Å². The summed E-state index contributed by atoms with van der Waals surface area (Å²) in [5.41, 5.74) is 0. The third-order valence-corrected chi connectivity index (χ3v) is 5.36. The Bertz CT molecular complexity index is 162. The van der Waals surface area contributed by atoms with Gasteiger partial charge in [0.05, 0.1) is 0 Å². The van der Waals surface area contributed by atoms with Crippen molar-refractivity contribution in [1.82, 2.24) is 5.32 Å². The Morgan fingerprint density at radius 2 is 2.07 bits per heavy atom. The molecule has 1 saturated carbocycles.